The van der Waals surface area contributed by atoms with Crippen molar-refractivity contribution in [1.82, 2.24) is 14.7 Å². The van der Waals surface area contributed by atoms with Crippen LogP contribution in [0.15, 0.2) is 24.3 Å². The molecule has 0 aliphatic heterocycles. The van der Waals surface area contributed by atoms with E-state index in [4.69, 9.17) is 5.73 Å². The van der Waals surface area contributed by atoms with Crippen molar-refractivity contribution >= 4 is 5.91 Å². The Bertz CT molecular complexity index is 690. The second-order valence-electron chi connectivity index (χ2n) is 8.45. The van der Waals surface area contributed by atoms with Crippen LogP contribution in [0.25, 0.3) is 0 Å². The first-order valence-corrected chi connectivity index (χ1v) is 11.4. The van der Waals surface area contributed by atoms with Crippen LogP contribution in [0.5, 0.6) is 0 Å². The zero-order valence-electron chi connectivity index (χ0n) is 19.9. The molecule has 3 atom stereocenters. The minimum Gasteiger partial charge on any atom is -0.326 e. The molecule has 31 heavy (non-hydrogen) atoms. The topological polar surface area (TPSA) is 76.6 Å². The van der Waals surface area contributed by atoms with E-state index >= 15 is 0 Å². The quantitative estimate of drug-likeness (QED) is 0.487. The van der Waals surface area contributed by atoms with Gasteiger partial charge in [0.05, 0.1) is 12.1 Å². The molecule has 7 heteroatoms. The molecule has 1 aromatic carbocycles. The molecule has 2 N–H and O–H groups in total. The van der Waals surface area contributed by atoms with E-state index in [-0.39, 0.29) is 17.8 Å². The largest absolute Gasteiger partial charge is 0.326 e. The van der Waals surface area contributed by atoms with Crippen molar-refractivity contribution < 1.29 is 9.18 Å². The first-order valence-electron chi connectivity index (χ1n) is 11.4. The van der Waals surface area contributed by atoms with Crippen LogP contribution >= 0.6 is 0 Å². The molecule has 1 rings (SSSR count). The first-order chi connectivity index (χ1) is 14.7. The Hall–Kier alpha value is -2.01. The highest BCUT2D eigenvalue weighted by Crippen LogP contribution is 2.11. The van der Waals surface area contributed by atoms with Gasteiger partial charge in [-0.05, 0) is 58.0 Å². The molecular formula is C24H40FN5O. The maximum Gasteiger partial charge on any atom is 0.241 e. The van der Waals surface area contributed by atoms with Gasteiger partial charge in [0.2, 0.25) is 5.91 Å². The third-order valence-corrected chi connectivity index (χ3v) is 5.63. The van der Waals surface area contributed by atoms with Gasteiger partial charge >= 0.3 is 0 Å². The molecule has 0 aliphatic rings. The van der Waals surface area contributed by atoms with Crippen LogP contribution in [-0.4, -0.2) is 72.0 Å². The molecular weight excluding hydrogens is 393 g/mol. The van der Waals surface area contributed by atoms with E-state index in [1.807, 2.05) is 19.2 Å². The average molecular weight is 434 g/mol. The summed E-state index contributed by atoms with van der Waals surface area (Å²) in [6.45, 7) is 11.5. The SMILES string of the molecule is CCCCN(C(=O)C(N)CN(C)C(C)CN(CCC)Cc1ccc(F)cc1)C(C)C#N. The number of amides is 1. The van der Waals surface area contributed by atoms with Crippen molar-refractivity contribution in [2.24, 2.45) is 5.73 Å². The van der Waals surface area contributed by atoms with Gasteiger partial charge in [0.15, 0.2) is 0 Å². The fraction of sp³-hybridized carbons (Fsp3) is 0.667. The van der Waals surface area contributed by atoms with E-state index in [2.05, 4.69) is 36.6 Å². The lowest BCUT2D eigenvalue weighted by molar-refractivity contribution is -0.134. The smallest absolute Gasteiger partial charge is 0.241 e. The number of nitriles is 1. The van der Waals surface area contributed by atoms with Crippen LogP contribution in [0, 0.1) is 17.1 Å². The maximum absolute atomic E-state index is 13.2. The Balaban J connectivity index is 2.69. The first kappa shape index (κ1) is 27.0. The van der Waals surface area contributed by atoms with Gasteiger partial charge in [-0.25, -0.2) is 4.39 Å². The number of carbonyl (C=O) groups is 1. The molecule has 0 aliphatic carbocycles. The van der Waals surface area contributed by atoms with Crippen molar-refractivity contribution in [3.63, 3.8) is 0 Å². The monoisotopic (exact) mass is 433 g/mol. The van der Waals surface area contributed by atoms with Gasteiger partial charge < -0.3 is 15.5 Å². The van der Waals surface area contributed by atoms with Gasteiger partial charge in [-0.3, -0.25) is 9.69 Å². The number of hydrogen-bond donors (Lipinski definition) is 1. The summed E-state index contributed by atoms with van der Waals surface area (Å²) in [4.78, 5) is 18.9. The fourth-order valence-corrected chi connectivity index (χ4v) is 3.59. The molecule has 3 unspecified atom stereocenters. The summed E-state index contributed by atoms with van der Waals surface area (Å²) in [6.07, 6.45) is 2.83. The van der Waals surface area contributed by atoms with E-state index in [1.165, 1.54) is 12.1 Å². The minimum atomic E-state index is -0.670. The van der Waals surface area contributed by atoms with Crippen LogP contribution < -0.4 is 5.73 Å². The Kier molecular flexibility index (Phi) is 12.3. The van der Waals surface area contributed by atoms with E-state index in [0.29, 0.717) is 13.1 Å². The van der Waals surface area contributed by atoms with Crippen molar-refractivity contribution in [2.75, 3.05) is 33.2 Å². The molecule has 1 amide bonds. The number of likely N-dealkylation sites (N-methyl/N-ethyl adjacent to an activating group) is 1. The van der Waals surface area contributed by atoms with E-state index in [1.54, 1.807) is 11.8 Å². The highest BCUT2D eigenvalue weighted by molar-refractivity contribution is 5.82. The van der Waals surface area contributed by atoms with Crippen LogP contribution in [-0.2, 0) is 11.3 Å². The van der Waals surface area contributed by atoms with Gasteiger partial charge in [-0.2, -0.15) is 5.26 Å². The van der Waals surface area contributed by atoms with Crippen molar-refractivity contribution in [2.45, 2.75) is 71.6 Å². The van der Waals surface area contributed by atoms with Crippen molar-refractivity contribution in [3.05, 3.63) is 35.6 Å². The molecule has 0 spiro atoms. The Morgan fingerprint density at radius 1 is 1.13 bits per heavy atom. The number of carbonyl (C=O) groups excluding carboxylic acids is 1. The lowest BCUT2D eigenvalue weighted by atomic mass is 10.1. The minimum absolute atomic E-state index is 0.168. The Morgan fingerprint density at radius 3 is 2.32 bits per heavy atom. The molecule has 0 radical (unpaired) electrons. The lowest BCUT2D eigenvalue weighted by Gasteiger charge is -2.34. The highest BCUT2D eigenvalue weighted by Gasteiger charge is 2.27. The van der Waals surface area contributed by atoms with Crippen molar-refractivity contribution in [3.8, 4) is 6.07 Å². The molecule has 0 aromatic heterocycles. The molecule has 0 heterocycles. The third-order valence-electron chi connectivity index (χ3n) is 5.63. The summed E-state index contributed by atoms with van der Waals surface area (Å²) in [7, 11) is 1.98. The van der Waals surface area contributed by atoms with Gasteiger partial charge in [0.25, 0.3) is 0 Å². The number of benzene rings is 1. The maximum atomic E-state index is 13.2. The molecule has 0 saturated carbocycles. The summed E-state index contributed by atoms with van der Waals surface area (Å²) < 4.78 is 13.2. The summed E-state index contributed by atoms with van der Waals surface area (Å²) >= 11 is 0. The molecule has 6 nitrogen and oxygen atoms in total. The van der Waals surface area contributed by atoms with E-state index in [9.17, 15) is 14.4 Å². The molecule has 0 saturated heterocycles. The second kappa shape index (κ2) is 14.1. The zero-order chi connectivity index (χ0) is 23.4. The van der Waals surface area contributed by atoms with Crippen molar-refractivity contribution in [1.29, 1.82) is 5.26 Å². The Morgan fingerprint density at radius 2 is 1.77 bits per heavy atom. The lowest BCUT2D eigenvalue weighted by Crippen LogP contribution is -2.53. The standard InChI is InChI=1S/C24H40FN5O/c1-6-8-14-30(19(3)15-26)24(31)23(27)18-28(5)20(4)16-29(13-7-2)17-21-9-11-22(25)12-10-21/h9-12,19-20,23H,6-8,13-14,16-18,27H2,1-5H3. The summed E-state index contributed by atoms with van der Waals surface area (Å²) in [5, 5.41) is 9.27. The van der Waals surface area contributed by atoms with Crippen LogP contribution in [0.1, 0.15) is 52.5 Å². The molecule has 1 aromatic rings. The van der Waals surface area contributed by atoms with E-state index in [0.717, 1.165) is 44.5 Å². The third kappa shape index (κ3) is 9.34. The van der Waals surface area contributed by atoms with Crippen LogP contribution in [0.3, 0.4) is 0 Å². The summed E-state index contributed by atoms with van der Waals surface area (Å²) in [5.74, 6) is -0.394. The predicted octanol–water partition coefficient (Wildman–Crippen LogP) is 3.23. The zero-order valence-corrected chi connectivity index (χ0v) is 19.9. The average Bonchev–Trinajstić information content (AvgIpc) is 2.75. The molecule has 0 fully saturated rings. The van der Waals surface area contributed by atoms with Gasteiger partial charge in [-0.15, -0.1) is 0 Å². The van der Waals surface area contributed by atoms with Crippen LogP contribution in [0.4, 0.5) is 4.39 Å². The van der Waals surface area contributed by atoms with Crippen LogP contribution in [0.2, 0.25) is 0 Å². The second-order valence-corrected chi connectivity index (χ2v) is 8.45. The Labute approximate surface area is 187 Å². The molecule has 174 valence electrons. The number of nitrogens with two attached hydrogens (primary N) is 1. The van der Waals surface area contributed by atoms with Gasteiger partial charge in [0.1, 0.15) is 11.9 Å². The highest BCUT2D eigenvalue weighted by atomic mass is 19.1. The van der Waals surface area contributed by atoms with E-state index < -0.39 is 12.1 Å². The number of nitrogens with zero attached hydrogens (tertiary/aromatic N) is 4. The summed E-state index contributed by atoms with van der Waals surface area (Å²) in [6, 6.07) is 7.82. The normalized spacial score (nSPS) is 14.3. The number of halogens is 1. The summed E-state index contributed by atoms with van der Waals surface area (Å²) in [5.41, 5.74) is 7.33. The van der Waals surface area contributed by atoms with Gasteiger partial charge in [-0.1, -0.05) is 32.4 Å². The predicted molar refractivity (Wildman–Crippen MR) is 124 cm³/mol. The number of rotatable bonds is 14. The molecule has 0 bridgehead atoms. The number of hydrogen-bond acceptors (Lipinski definition) is 5. The number of unbranched alkanes of at least 4 members (excludes halogenated alkanes) is 1. The van der Waals surface area contributed by atoms with Gasteiger partial charge in [0, 0.05) is 32.2 Å². The fourth-order valence-electron chi connectivity index (χ4n) is 3.59.